The van der Waals surface area contributed by atoms with Gasteiger partial charge in [-0.15, -0.1) is 0 Å². The Hall–Kier alpha value is -1.28. The van der Waals surface area contributed by atoms with Gasteiger partial charge in [-0.3, -0.25) is 4.98 Å². The van der Waals surface area contributed by atoms with Gasteiger partial charge in [0, 0.05) is 6.20 Å². The average molecular weight is 222 g/mol. The van der Waals surface area contributed by atoms with Crippen LogP contribution in [0.2, 0.25) is 5.02 Å². The molecule has 0 N–H and O–H groups in total. The summed E-state index contributed by atoms with van der Waals surface area (Å²) in [5, 5.41) is 1.62. The van der Waals surface area contributed by atoms with Gasteiger partial charge in [-0.1, -0.05) is 17.7 Å². The second-order valence-corrected chi connectivity index (χ2v) is 3.94. The fraction of sp³-hybridized carbons (Fsp3) is 0.250. The molecule has 1 aromatic carbocycles. The quantitative estimate of drug-likeness (QED) is 0.735. The van der Waals surface area contributed by atoms with Crippen molar-refractivity contribution in [3.8, 4) is 5.75 Å². The number of halogens is 1. The molecular weight excluding hydrogens is 210 g/mol. The minimum Gasteiger partial charge on any atom is -0.496 e. The summed E-state index contributed by atoms with van der Waals surface area (Å²) in [6.45, 7) is 3.96. The molecule has 3 heteroatoms. The maximum Gasteiger partial charge on any atom is 0.129 e. The highest BCUT2D eigenvalue weighted by molar-refractivity contribution is 6.36. The van der Waals surface area contributed by atoms with Crippen LogP contribution in [0.15, 0.2) is 18.3 Å². The second kappa shape index (κ2) is 3.70. The predicted molar refractivity (Wildman–Crippen MR) is 62.8 cm³/mol. The molecule has 2 aromatic rings. The van der Waals surface area contributed by atoms with Crippen molar-refractivity contribution in [2.75, 3.05) is 7.11 Å². The Bertz CT molecular complexity index is 523. The maximum atomic E-state index is 6.26. The number of benzene rings is 1. The number of hydrogen-bond donors (Lipinski definition) is 0. The summed E-state index contributed by atoms with van der Waals surface area (Å²) in [4.78, 5) is 4.39. The molecule has 0 atom stereocenters. The number of aryl methyl sites for hydroxylation is 2. The molecule has 1 heterocycles. The molecule has 0 radical (unpaired) electrons. The molecular formula is C12H12ClNO. The van der Waals surface area contributed by atoms with Gasteiger partial charge in [-0.25, -0.2) is 0 Å². The van der Waals surface area contributed by atoms with E-state index in [9.17, 15) is 0 Å². The molecule has 0 amide bonds. The highest BCUT2D eigenvalue weighted by Crippen LogP contribution is 2.34. The van der Waals surface area contributed by atoms with Gasteiger partial charge in [-0.05, 0) is 31.0 Å². The lowest BCUT2D eigenvalue weighted by Crippen LogP contribution is -1.91. The Morgan fingerprint density at radius 2 is 1.93 bits per heavy atom. The van der Waals surface area contributed by atoms with E-state index in [1.54, 1.807) is 13.3 Å². The van der Waals surface area contributed by atoms with E-state index >= 15 is 0 Å². The molecule has 2 nitrogen and oxygen atoms in total. The fourth-order valence-corrected chi connectivity index (χ4v) is 1.87. The zero-order valence-corrected chi connectivity index (χ0v) is 9.72. The SMILES string of the molecule is COc1ccc(C)c2ncc(C)c(Cl)c12. The largest absolute Gasteiger partial charge is 0.496 e. The van der Waals surface area contributed by atoms with Gasteiger partial charge in [0.1, 0.15) is 5.75 Å². The third kappa shape index (κ3) is 1.55. The summed E-state index contributed by atoms with van der Waals surface area (Å²) in [6, 6.07) is 3.91. The molecule has 0 bridgehead atoms. The molecule has 2 rings (SSSR count). The van der Waals surface area contributed by atoms with Crippen LogP contribution in [-0.4, -0.2) is 12.1 Å². The van der Waals surface area contributed by atoms with Gasteiger partial charge in [0.15, 0.2) is 0 Å². The molecule has 1 aromatic heterocycles. The van der Waals surface area contributed by atoms with Gasteiger partial charge < -0.3 is 4.74 Å². The van der Waals surface area contributed by atoms with Gasteiger partial charge in [-0.2, -0.15) is 0 Å². The molecule has 0 spiro atoms. The van der Waals surface area contributed by atoms with Gasteiger partial charge in [0.2, 0.25) is 0 Å². The first-order chi connectivity index (χ1) is 7.15. The minimum atomic E-state index is 0.723. The number of hydrogen-bond acceptors (Lipinski definition) is 2. The summed E-state index contributed by atoms with van der Waals surface area (Å²) in [7, 11) is 1.64. The van der Waals surface area contributed by atoms with E-state index in [0.717, 1.165) is 32.8 Å². The van der Waals surface area contributed by atoms with E-state index in [1.807, 2.05) is 26.0 Å². The normalized spacial score (nSPS) is 10.7. The van der Waals surface area contributed by atoms with E-state index < -0.39 is 0 Å². The number of fused-ring (bicyclic) bond motifs is 1. The number of aromatic nitrogens is 1. The molecule has 0 fully saturated rings. The van der Waals surface area contributed by atoms with E-state index in [2.05, 4.69) is 4.98 Å². The standard InChI is InChI=1S/C12H12ClNO/c1-7-4-5-9(15-3)10-11(13)8(2)6-14-12(7)10/h4-6H,1-3H3. The first-order valence-electron chi connectivity index (χ1n) is 4.73. The number of rotatable bonds is 1. The van der Waals surface area contributed by atoms with Gasteiger partial charge >= 0.3 is 0 Å². The topological polar surface area (TPSA) is 22.1 Å². The van der Waals surface area contributed by atoms with Crippen molar-refractivity contribution >= 4 is 22.5 Å². The van der Waals surface area contributed by atoms with E-state index in [1.165, 1.54) is 0 Å². The number of pyridine rings is 1. The number of ether oxygens (including phenoxy) is 1. The molecule has 0 saturated heterocycles. The average Bonchev–Trinajstić information content (AvgIpc) is 2.24. The van der Waals surface area contributed by atoms with Crippen molar-refractivity contribution in [3.05, 3.63) is 34.5 Å². The van der Waals surface area contributed by atoms with Crippen LogP contribution in [0.3, 0.4) is 0 Å². The third-order valence-corrected chi connectivity index (χ3v) is 3.00. The van der Waals surface area contributed by atoms with Crippen molar-refractivity contribution < 1.29 is 4.74 Å². The fourth-order valence-electron chi connectivity index (χ4n) is 1.64. The van der Waals surface area contributed by atoms with Crippen molar-refractivity contribution in [2.24, 2.45) is 0 Å². The Morgan fingerprint density at radius 3 is 2.60 bits per heavy atom. The van der Waals surface area contributed by atoms with Gasteiger partial charge in [0.25, 0.3) is 0 Å². The van der Waals surface area contributed by atoms with Crippen LogP contribution in [0.1, 0.15) is 11.1 Å². The molecule has 15 heavy (non-hydrogen) atoms. The lowest BCUT2D eigenvalue weighted by Gasteiger charge is -2.10. The van der Waals surface area contributed by atoms with Crippen LogP contribution in [0, 0.1) is 13.8 Å². The van der Waals surface area contributed by atoms with Gasteiger partial charge in [0.05, 0.1) is 23.0 Å². The van der Waals surface area contributed by atoms with Crippen molar-refractivity contribution in [1.82, 2.24) is 4.98 Å². The summed E-state index contributed by atoms with van der Waals surface area (Å²) < 4.78 is 5.29. The molecule has 0 aliphatic carbocycles. The first-order valence-corrected chi connectivity index (χ1v) is 5.11. The zero-order valence-electron chi connectivity index (χ0n) is 8.97. The van der Waals surface area contributed by atoms with Crippen LogP contribution < -0.4 is 4.74 Å². The Balaban J connectivity index is 2.95. The Morgan fingerprint density at radius 1 is 1.20 bits per heavy atom. The molecule has 0 unspecified atom stereocenters. The molecule has 78 valence electrons. The summed E-state index contributed by atoms with van der Waals surface area (Å²) in [6.07, 6.45) is 1.79. The summed E-state index contributed by atoms with van der Waals surface area (Å²) in [5.74, 6) is 0.775. The van der Waals surface area contributed by atoms with Crippen LogP contribution in [0.5, 0.6) is 5.75 Å². The minimum absolute atomic E-state index is 0.723. The lowest BCUT2D eigenvalue weighted by molar-refractivity contribution is 0.419. The third-order valence-electron chi connectivity index (χ3n) is 2.51. The highest BCUT2D eigenvalue weighted by Gasteiger charge is 2.10. The smallest absolute Gasteiger partial charge is 0.129 e. The predicted octanol–water partition coefficient (Wildman–Crippen LogP) is 3.51. The molecule has 0 aliphatic heterocycles. The Kier molecular flexibility index (Phi) is 2.53. The zero-order chi connectivity index (χ0) is 11.0. The molecule has 0 aliphatic rings. The molecule has 0 saturated carbocycles. The van der Waals surface area contributed by atoms with Crippen LogP contribution in [0.4, 0.5) is 0 Å². The van der Waals surface area contributed by atoms with Crippen molar-refractivity contribution in [1.29, 1.82) is 0 Å². The maximum absolute atomic E-state index is 6.26. The van der Waals surface area contributed by atoms with E-state index in [0.29, 0.717) is 0 Å². The van der Waals surface area contributed by atoms with E-state index in [-0.39, 0.29) is 0 Å². The lowest BCUT2D eigenvalue weighted by atomic mass is 10.1. The monoisotopic (exact) mass is 221 g/mol. The van der Waals surface area contributed by atoms with Crippen molar-refractivity contribution in [2.45, 2.75) is 13.8 Å². The van der Waals surface area contributed by atoms with Crippen LogP contribution in [0.25, 0.3) is 10.9 Å². The second-order valence-electron chi connectivity index (χ2n) is 3.56. The number of methoxy groups -OCH3 is 1. The van der Waals surface area contributed by atoms with E-state index in [4.69, 9.17) is 16.3 Å². The van der Waals surface area contributed by atoms with Crippen LogP contribution >= 0.6 is 11.6 Å². The van der Waals surface area contributed by atoms with Crippen LogP contribution in [-0.2, 0) is 0 Å². The summed E-state index contributed by atoms with van der Waals surface area (Å²) >= 11 is 6.26. The number of nitrogens with zero attached hydrogens (tertiary/aromatic N) is 1. The Labute approximate surface area is 93.8 Å². The van der Waals surface area contributed by atoms with Crippen molar-refractivity contribution in [3.63, 3.8) is 0 Å². The first kappa shape index (κ1) is 10.2. The highest BCUT2D eigenvalue weighted by atomic mass is 35.5. The summed E-state index contributed by atoms with van der Waals surface area (Å²) in [5.41, 5.74) is 2.98.